The molecule has 0 amide bonds. The van der Waals surface area contributed by atoms with Gasteiger partial charge < -0.3 is 20.6 Å². The third-order valence-electron chi connectivity index (χ3n) is 7.04. The minimum absolute atomic E-state index is 0.172. The third kappa shape index (κ3) is 6.64. The Hall–Kier alpha value is -2.25. The Morgan fingerprint density at radius 3 is 2.61 bits per heavy atom. The molecule has 2 aliphatic rings. The van der Waals surface area contributed by atoms with Crippen LogP contribution >= 0.6 is 0 Å². The van der Waals surface area contributed by atoms with E-state index in [0.29, 0.717) is 18.0 Å². The molecule has 2 unspecified atom stereocenters. The molecule has 2 aromatic heterocycles. The molecule has 1 saturated heterocycles. The Bertz CT molecular complexity index is 881. The Morgan fingerprint density at radius 1 is 1.12 bits per heavy atom. The van der Waals surface area contributed by atoms with E-state index in [4.69, 9.17) is 9.97 Å². The summed E-state index contributed by atoms with van der Waals surface area (Å²) in [6.45, 7) is 6.72. The predicted molar refractivity (Wildman–Crippen MR) is 134 cm³/mol. The van der Waals surface area contributed by atoms with Crippen molar-refractivity contribution in [3.8, 4) is 11.3 Å². The third-order valence-corrected chi connectivity index (χ3v) is 7.04. The molecule has 1 aliphatic heterocycles. The zero-order valence-corrected chi connectivity index (χ0v) is 20.4. The maximum absolute atomic E-state index is 9.89. The van der Waals surface area contributed by atoms with E-state index >= 15 is 0 Å². The topological polar surface area (TPSA) is 86.2 Å². The standard InChI is InChI=1S/C26H40N6O/c1-4-5-18(2)29-26-28-16-23(25(31-26)30-21-7-9-22(33)10-8-21)24-11-6-19(15-27-24)14-20-12-13-32(3)17-20/h6,11,15-16,18,20-22,33H,4-5,7-10,12-14,17H2,1-3H3,(H2,28,29,30,31). The van der Waals surface area contributed by atoms with Crippen LogP contribution in [-0.4, -0.2) is 63.3 Å². The summed E-state index contributed by atoms with van der Waals surface area (Å²) >= 11 is 0. The first-order valence-electron chi connectivity index (χ1n) is 12.7. The van der Waals surface area contributed by atoms with Crippen molar-refractivity contribution >= 4 is 11.8 Å². The van der Waals surface area contributed by atoms with Crippen LogP contribution in [-0.2, 0) is 6.42 Å². The van der Waals surface area contributed by atoms with E-state index in [0.717, 1.165) is 67.9 Å². The number of aromatic nitrogens is 3. The van der Waals surface area contributed by atoms with Crippen molar-refractivity contribution in [1.82, 2.24) is 19.9 Å². The molecule has 0 spiro atoms. The molecule has 0 aromatic carbocycles. The number of anilines is 2. The van der Waals surface area contributed by atoms with Gasteiger partial charge in [0, 0.05) is 31.0 Å². The van der Waals surface area contributed by atoms with E-state index in [2.05, 4.69) is 53.5 Å². The first-order valence-corrected chi connectivity index (χ1v) is 12.7. The van der Waals surface area contributed by atoms with Crippen LogP contribution in [0.4, 0.5) is 11.8 Å². The van der Waals surface area contributed by atoms with Crippen molar-refractivity contribution < 1.29 is 5.11 Å². The van der Waals surface area contributed by atoms with E-state index in [1.807, 2.05) is 12.4 Å². The minimum atomic E-state index is -0.172. The minimum Gasteiger partial charge on any atom is -0.393 e. The fourth-order valence-electron chi connectivity index (χ4n) is 5.12. The normalized spacial score (nSPS) is 24.5. The first-order chi connectivity index (χ1) is 16.0. The van der Waals surface area contributed by atoms with E-state index in [1.54, 1.807) is 0 Å². The van der Waals surface area contributed by atoms with E-state index in [-0.39, 0.29) is 6.10 Å². The number of hydrogen-bond donors (Lipinski definition) is 3. The number of nitrogens with zero attached hydrogens (tertiary/aromatic N) is 4. The highest BCUT2D eigenvalue weighted by atomic mass is 16.3. The van der Waals surface area contributed by atoms with Gasteiger partial charge in [-0.05, 0) is 83.0 Å². The Kier molecular flexibility index (Phi) is 8.15. The Morgan fingerprint density at radius 2 is 1.94 bits per heavy atom. The van der Waals surface area contributed by atoms with E-state index in [1.165, 1.54) is 25.1 Å². The van der Waals surface area contributed by atoms with E-state index < -0.39 is 0 Å². The lowest BCUT2D eigenvalue weighted by molar-refractivity contribution is 0.126. The number of aliphatic hydroxyl groups excluding tert-OH is 1. The molecule has 0 bridgehead atoms. The highest BCUT2D eigenvalue weighted by Crippen LogP contribution is 2.29. The molecule has 1 aliphatic carbocycles. The molecular weight excluding hydrogens is 412 g/mol. The summed E-state index contributed by atoms with van der Waals surface area (Å²) in [7, 11) is 2.20. The van der Waals surface area contributed by atoms with Gasteiger partial charge in [-0.1, -0.05) is 19.4 Å². The number of nitrogens with one attached hydrogen (secondary N) is 2. The van der Waals surface area contributed by atoms with Crippen molar-refractivity contribution in [1.29, 1.82) is 0 Å². The van der Waals surface area contributed by atoms with Crippen molar-refractivity contribution in [2.45, 2.75) is 83.4 Å². The van der Waals surface area contributed by atoms with Crippen LogP contribution in [0.2, 0.25) is 0 Å². The molecular formula is C26H40N6O. The average molecular weight is 453 g/mol. The number of likely N-dealkylation sites (tertiary alicyclic amines) is 1. The van der Waals surface area contributed by atoms with Crippen molar-refractivity contribution in [3.63, 3.8) is 0 Å². The second kappa shape index (κ2) is 11.3. The lowest BCUT2D eigenvalue weighted by Gasteiger charge is -2.27. The highest BCUT2D eigenvalue weighted by Gasteiger charge is 2.22. The van der Waals surface area contributed by atoms with Gasteiger partial charge in [0.05, 0.1) is 17.4 Å². The SMILES string of the molecule is CCCC(C)Nc1ncc(-c2ccc(CC3CCN(C)C3)cn2)c(NC2CCC(O)CC2)n1. The molecule has 3 N–H and O–H groups in total. The molecule has 180 valence electrons. The number of aliphatic hydroxyl groups is 1. The molecule has 2 aromatic rings. The summed E-state index contributed by atoms with van der Waals surface area (Å²) < 4.78 is 0. The summed E-state index contributed by atoms with van der Waals surface area (Å²) in [5.41, 5.74) is 3.12. The van der Waals surface area contributed by atoms with Crippen molar-refractivity contribution in [3.05, 3.63) is 30.1 Å². The first kappa shape index (κ1) is 23.9. The van der Waals surface area contributed by atoms with Gasteiger partial charge in [0.2, 0.25) is 5.95 Å². The van der Waals surface area contributed by atoms with Crippen LogP contribution in [0, 0.1) is 5.92 Å². The molecule has 3 heterocycles. The average Bonchev–Trinajstić information content (AvgIpc) is 3.21. The molecule has 2 fully saturated rings. The molecule has 4 rings (SSSR count). The van der Waals surface area contributed by atoms with Gasteiger partial charge in [0.25, 0.3) is 0 Å². The molecule has 33 heavy (non-hydrogen) atoms. The maximum atomic E-state index is 9.89. The summed E-state index contributed by atoms with van der Waals surface area (Å²) in [5, 5.41) is 17.0. The second-order valence-corrected chi connectivity index (χ2v) is 10.1. The van der Waals surface area contributed by atoms with Gasteiger partial charge in [0.1, 0.15) is 5.82 Å². The Labute approximate surface area is 198 Å². The van der Waals surface area contributed by atoms with Crippen LogP contribution in [0.5, 0.6) is 0 Å². The van der Waals surface area contributed by atoms with Gasteiger partial charge in [0.15, 0.2) is 0 Å². The summed E-state index contributed by atoms with van der Waals surface area (Å²) in [6, 6.07) is 4.94. The lowest BCUT2D eigenvalue weighted by atomic mass is 9.93. The van der Waals surface area contributed by atoms with Gasteiger partial charge in [-0.15, -0.1) is 0 Å². The van der Waals surface area contributed by atoms with Gasteiger partial charge in [-0.2, -0.15) is 4.98 Å². The molecule has 7 nitrogen and oxygen atoms in total. The van der Waals surface area contributed by atoms with E-state index in [9.17, 15) is 5.11 Å². The highest BCUT2D eigenvalue weighted by molar-refractivity contribution is 5.73. The van der Waals surface area contributed by atoms with Gasteiger partial charge in [-0.25, -0.2) is 4.98 Å². The molecule has 1 saturated carbocycles. The summed E-state index contributed by atoms with van der Waals surface area (Å²) in [5.74, 6) is 2.20. The van der Waals surface area contributed by atoms with Crippen LogP contribution in [0.1, 0.15) is 64.4 Å². The zero-order valence-electron chi connectivity index (χ0n) is 20.4. The number of hydrogen-bond acceptors (Lipinski definition) is 7. The fraction of sp³-hybridized carbons (Fsp3) is 0.654. The Balaban J connectivity index is 1.52. The molecule has 7 heteroatoms. The lowest BCUT2D eigenvalue weighted by Crippen LogP contribution is -2.29. The van der Waals surface area contributed by atoms with Crippen LogP contribution in [0.25, 0.3) is 11.3 Å². The fourth-order valence-corrected chi connectivity index (χ4v) is 5.12. The largest absolute Gasteiger partial charge is 0.393 e. The zero-order chi connectivity index (χ0) is 23.2. The van der Waals surface area contributed by atoms with Crippen LogP contribution in [0.3, 0.4) is 0 Å². The molecule has 0 radical (unpaired) electrons. The predicted octanol–water partition coefficient (Wildman–Crippen LogP) is 4.35. The van der Waals surface area contributed by atoms with Crippen molar-refractivity contribution in [2.24, 2.45) is 5.92 Å². The number of rotatable bonds is 9. The maximum Gasteiger partial charge on any atom is 0.224 e. The summed E-state index contributed by atoms with van der Waals surface area (Å²) in [4.78, 5) is 16.7. The van der Waals surface area contributed by atoms with Crippen LogP contribution < -0.4 is 10.6 Å². The van der Waals surface area contributed by atoms with Crippen molar-refractivity contribution in [2.75, 3.05) is 30.8 Å². The quantitative estimate of drug-likeness (QED) is 0.521. The van der Waals surface area contributed by atoms with Gasteiger partial charge in [-0.3, -0.25) is 4.98 Å². The second-order valence-electron chi connectivity index (χ2n) is 10.1. The van der Waals surface area contributed by atoms with Gasteiger partial charge >= 0.3 is 0 Å². The number of pyridine rings is 1. The monoisotopic (exact) mass is 452 g/mol. The van der Waals surface area contributed by atoms with Crippen LogP contribution in [0.15, 0.2) is 24.5 Å². The smallest absolute Gasteiger partial charge is 0.224 e. The summed E-state index contributed by atoms with van der Waals surface area (Å²) in [6.07, 6.45) is 11.8. The molecule has 2 atom stereocenters.